The molecule has 0 N–H and O–H groups in total. The average Bonchev–Trinajstić information content (AvgIpc) is 2.86. The highest BCUT2D eigenvalue weighted by Gasteiger charge is 2.27. The molecule has 1 aromatic heterocycles. The Morgan fingerprint density at radius 2 is 1.55 bits per heavy atom. The predicted octanol–water partition coefficient (Wildman–Crippen LogP) is 5.68. The Morgan fingerprint density at radius 1 is 1.00 bits per heavy atom. The lowest BCUT2D eigenvalue weighted by atomic mass is 9.88. The molecule has 0 aromatic carbocycles. The molecule has 0 fully saturated rings. The van der Waals surface area contributed by atoms with Crippen LogP contribution in [0.4, 0.5) is 4.39 Å². The predicted molar refractivity (Wildman–Crippen MR) is 83.4 cm³/mol. The molecule has 0 saturated heterocycles. The van der Waals surface area contributed by atoms with Gasteiger partial charge in [-0.2, -0.15) is 4.39 Å². The van der Waals surface area contributed by atoms with E-state index in [1.807, 2.05) is 0 Å². The van der Waals surface area contributed by atoms with Gasteiger partial charge in [0.2, 0.25) is 5.95 Å². The van der Waals surface area contributed by atoms with Crippen LogP contribution in [-0.2, 0) is 5.54 Å². The molecule has 0 aliphatic rings. The molecular weight excluding hydrogens is 251 g/mol. The van der Waals surface area contributed by atoms with Gasteiger partial charge in [-0.15, -0.1) is 0 Å². The van der Waals surface area contributed by atoms with Gasteiger partial charge in [-0.05, 0) is 19.8 Å². The van der Waals surface area contributed by atoms with Crippen molar-refractivity contribution in [3.63, 3.8) is 0 Å². The summed E-state index contributed by atoms with van der Waals surface area (Å²) in [5, 5.41) is 0. The lowest BCUT2D eigenvalue weighted by Gasteiger charge is -2.32. The molecule has 0 saturated carbocycles. The third-order valence-corrected chi connectivity index (χ3v) is 4.31. The summed E-state index contributed by atoms with van der Waals surface area (Å²) >= 11 is 0. The normalized spacial score (nSPS) is 14.4. The van der Waals surface area contributed by atoms with Crippen LogP contribution in [0.15, 0.2) is 12.5 Å². The number of hydrogen-bond donors (Lipinski definition) is 0. The summed E-state index contributed by atoms with van der Waals surface area (Å²) in [7, 11) is 0. The van der Waals surface area contributed by atoms with E-state index >= 15 is 0 Å². The van der Waals surface area contributed by atoms with Crippen molar-refractivity contribution in [1.29, 1.82) is 0 Å². The van der Waals surface area contributed by atoms with Crippen molar-refractivity contribution in [3.8, 4) is 0 Å². The van der Waals surface area contributed by atoms with Gasteiger partial charge in [0.25, 0.3) is 0 Å². The smallest absolute Gasteiger partial charge is 0.213 e. The maximum Gasteiger partial charge on any atom is 0.213 e. The van der Waals surface area contributed by atoms with Gasteiger partial charge < -0.3 is 4.57 Å². The van der Waals surface area contributed by atoms with E-state index in [1.54, 1.807) is 10.9 Å². The van der Waals surface area contributed by atoms with Crippen molar-refractivity contribution in [2.24, 2.45) is 0 Å². The summed E-state index contributed by atoms with van der Waals surface area (Å²) in [6, 6.07) is 0. The first-order valence-electron chi connectivity index (χ1n) is 8.32. The van der Waals surface area contributed by atoms with E-state index in [2.05, 4.69) is 25.8 Å². The second-order valence-corrected chi connectivity index (χ2v) is 6.20. The minimum atomic E-state index is -0.197. The molecule has 1 rings (SSSR count). The Morgan fingerprint density at radius 3 is 2.10 bits per heavy atom. The number of aromatic nitrogens is 2. The number of unbranched alkanes of at least 4 members (excludes halogenated alkanes) is 6. The van der Waals surface area contributed by atoms with Crippen LogP contribution in [0.3, 0.4) is 0 Å². The fourth-order valence-electron chi connectivity index (χ4n) is 2.91. The van der Waals surface area contributed by atoms with Crippen molar-refractivity contribution < 1.29 is 4.39 Å². The lowest BCUT2D eigenvalue weighted by molar-refractivity contribution is 0.224. The topological polar surface area (TPSA) is 17.8 Å². The average molecular weight is 282 g/mol. The van der Waals surface area contributed by atoms with Gasteiger partial charge in [0, 0.05) is 5.54 Å². The highest BCUT2D eigenvalue weighted by atomic mass is 19.1. The number of hydrogen-bond acceptors (Lipinski definition) is 1. The Balaban J connectivity index is 2.57. The van der Waals surface area contributed by atoms with E-state index in [9.17, 15) is 4.39 Å². The lowest BCUT2D eigenvalue weighted by Crippen LogP contribution is -2.31. The van der Waals surface area contributed by atoms with Crippen LogP contribution in [0, 0.1) is 5.95 Å². The molecule has 20 heavy (non-hydrogen) atoms. The van der Waals surface area contributed by atoms with Crippen LogP contribution in [0.25, 0.3) is 0 Å². The van der Waals surface area contributed by atoms with Gasteiger partial charge in [-0.1, -0.05) is 65.2 Å². The first kappa shape index (κ1) is 17.2. The summed E-state index contributed by atoms with van der Waals surface area (Å²) in [6.45, 7) is 6.63. The molecule has 116 valence electrons. The van der Waals surface area contributed by atoms with E-state index in [0.717, 1.165) is 12.8 Å². The summed E-state index contributed by atoms with van der Waals surface area (Å²) in [4.78, 5) is 3.96. The van der Waals surface area contributed by atoms with Crippen LogP contribution in [-0.4, -0.2) is 9.55 Å². The summed E-state index contributed by atoms with van der Waals surface area (Å²) in [5.74, 6) is -0.197. The standard InChI is InChI=1S/C17H31FN2/c1-4-6-8-9-11-13-17(3,12-10-7-5-2)20-15-19-14-16(20)18/h14-15H,4-13H2,1-3H3. The monoisotopic (exact) mass is 282 g/mol. The van der Waals surface area contributed by atoms with Gasteiger partial charge in [0.1, 0.15) is 0 Å². The van der Waals surface area contributed by atoms with Gasteiger partial charge in [0.05, 0.1) is 12.5 Å². The molecule has 1 atom stereocenters. The fourth-order valence-corrected chi connectivity index (χ4v) is 2.91. The van der Waals surface area contributed by atoms with Crippen molar-refractivity contribution in [2.45, 2.75) is 90.5 Å². The summed E-state index contributed by atoms with van der Waals surface area (Å²) < 4.78 is 15.6. The summed E-state index contributed by atoms with van der Waals surface area (Å²) in [5.41, 5.74) is -0.109. The Bertz CT molecular complexity index is 362. The molecule has 0 bridgehead atoms. The van der Waals surface area contributed by atoms with Crippen LogP contribution in [0.2, 0.25) is 0 Å². The molecule has 0 aliphatic heterocycles. The minimum absolute atomic E-state index is 0.109. The molecule has 3 heteroatoms. The second-order valence-electron chi connectivity index (χ2n) is 6.20. The third-order valence-electron chi connectivity index (χ3n) is 4.31. The highest BCUT2D eigenvalue weighted by Crippen LogP contribution is 2.31. The Hall–Kier alpha value is -0.860. The van der Waals surface area contributed by atoms with E-state index in [-0.39, 0.29) is 11.5 Å². The number of nitrogens with zero attached hydrogens (tertiary/aromatic N) is 2. The van der Waals surface area contributed by atoms with E-state index in [0.29, 0.717) is 0 Å². The molecule has 0 spiro atoms. The summed E-state index contributed by atoms with van der Waals surface area (Å²) in [6.07, 6.45) is 15.0. The zero-order valence-electron chi connectivity index (χ0n) is 13.5. The fraction of sp³-hybridized carbons (Fsp3) is 0.824. The molecule has 0 amide bonds. The minimum Gasteiger partial charge on any atom is -0.302 e. The molecule has 1 unspecified atom stereocenters. The first-order valence-corrected chi connectivity index (χ1v) is 8.32. The van der Waals surface area contributed by atoms with E-state index in [1.165, 1.54) is 57.6 Å². The Kier molecular flexibility index (Phi) is 7.86. The van der Waals surface area contributed by atoms with Gasteiger partial charge in [0.15, 0.2) is 0 Å². The van der Waals surface area contributed by atoms with Gasteiger partial charge >= 0.3 is 0 Å². The SMILES string of the molecule is CCCCCCCC(C)(CCCCC)n1cncc1F. The van der Waals surface area contributed by atoms with Crippen molar-refractivity contribution in [2.75, 3.05) is 0 Å². The molecule has 1 aromatic rings. The van der Waals surface area contributed by atoms with Crippen LogP contribution < -0.4 is 0 Å². The van der Waals surface area contributed by atoms with E-state index < -0.39 is 0 Å². The van der Waals surface area contributed by atoms with Crippen molar-refractivity contribution >= 4 is 0 Å². The molecule has 0 aliphatic carbocycles. The molecular formula is C17H31FN2. The molecule has 1 heterocycles. The van der Waals surface area contributed by atoms with Crippen LogP contribution in [0.1, 0.15) is 85.0 Å². The largest absolute Gasteiger partial charge is 0.302 e. The zero-order chi connectivity index (χ0) is 14.8. The zero-order valence-corrected chi connectivity index (χ0v) is 13.5. The van der Waals surface area contributed by atoms with E-state index in [4.69, 9.17) is 0 Å². The highest BCUT2D eigenvalue weighted by molar-refractivity contribution is 4.91. The van der Waals surface area contributed by atoms with Crippen LogP contribution >= 0.6 is 0 Å². The molecule has 2 nitrogen and oxygen atoms in total. The quantitative estimate of drug-likeness (QED) is 0.477. The molecule has 0 radical (unpaired) electrons. The maximum atomic E-state index is 13.9. The first-order chi connectivity index (χ1) is 9.64. The Labute approximate surface area is 123 Å². The van der Waals surface area contributed by atoms with Crippen molar-refractivity contribution in [3.05, 3.63) is 18.5 Å². The third kappa shape index (κ3) is 5.26. The number of halogens is 1. The van der Waals surface area contributed by atoms with Gasteiger partial charge in [-0.25, -0.2) is 4.98 Å². The second kappa shape index (κ2) is 9.15. The number of imidazole rings is 1. The maximum absolute atomic E-state index is 13.9. The van der Waals surface area contributed by atoms with Crippen molar-refractivity contribution in [1.82, 2.24) is 9.55 Å². The number of rotatable bonds is 11. The van der Waals surface area contributed by atoms with Crippen LogP contribution in [0.5, 0.6) is 0 Å². The van der Waals surface area contributed by atoms with Gasteiger partial charge in [-0.3, -0.25) is 0 Å².